The zero-order chi connectivity index (χ0) is 14.4. The molecule has 19 heavy (non-hydrogen) atoms. The van der Waals surface area contributed by atoms with Crippen LogP contribution >= 0.6 is 23.1 Å². The van der Waals surface area contributed by atoms with Gasteiger partial charge in [0.15, 0.2) is 5.13 Å². The van der Waals surface area contributed by atoms with Crippen LogP contribution in [0.2, 0.25) is 0 Å². The quantitative estimate of drug-likeness (QED) is 0.835. The molecule has 0 spiro atoms. The lowest BCUT2D eigenvalue weighted by Gasteiger charge is -2.16. The Bertz CT molecular complexity index is 418. The van der Waals surface area contributed by atoms with Crippen molar-refractivity contribution in [2.75, 3.05) is 49.3 Å². The van der Waals surface area contributed by atoms with E-state index in [4.69, 9.17) is 5.73 Å². The van der Waals surface area contributed by atoms with E-state index in [1.807, 2.05) is 6.26 Å². The first-order chi connectivity index (χ1) is 9.04. The molecule has 0 aliphatic rings. The van der Waals surface area contributed by atoms with Gasteiger partial charge in [-0.05, 0) is 20.1 Å². The Hall–Kier alpha value is -0.950. The molecule has 0 atom stereocenters. The van der Waals surface area contributed by atoms with Gasteiger partial charge in [-0.2, -0.15) is 11.8 Å². The summed E-state index contributed by atoms with van der Waals surface area (Å²) in [4.78, 5) is 20.9. The number of carbonyl (C=O) groups excluding carboxylic acids is 1. The Morgan fingerprint density at radius 2 is 2.05 bits per heavy atom. The number of aromatic nitrogens is 1. The van der Waals surface area contributed by atoms with E-state index in [0.29, 0.717) is 10.7 Å². The monoisotopic (exact) mass is 302 g/mol. The number of rotatable bonds is 7. The predicted octanol–water partition coefficient (Wildman–Crippen LogP) is 2.01. The summed E-state index contributed by atoms with van der Waals surface area (Å²) in [5.74, 6) is 1.22. The fraction of sp³-hybridized carbons (Fsp3) is 0.667. The lowest BCUT2D eigenvalue weighted by molar-refractivity contribution is 0.0809. The highest BCUT2D eigenvalue weighted by Crippen LogP contribution is 2.28. The first-order valence-corrected chi connectivity index (χ1v) is 8.51. The third kappa shape index (κ3) is 4.01. The molecule has 1 aromatic rings. The molecule has 0 saturated heterocycles. The van der Waals surface area contributed by atoms with Crippen LogP contribution in [0.4, 0.5) is 10.9 Å². The number of nitrogens with zero attached hydrogens (tertiary/aromatic N) is 3. The summed E-state index contributed by atoms with van der Waals surface area (Å²) in [7, 11) is 1.80. The Labute approximate surface area is 123 Å². The van der Waals surface area contributed by atoms with Gasteiger partial charge in [0, 0.05) is 32.4 Å². The fourth-order valence-electron chi connectivity index (χ4n) is 1.61. The van der Waals surface area contributed by atoms with Crippen molar-refractivity contribution in [1.29, 1.82) is 0 Å². The summed E-state index contributed by atoms with van der Waals surface area (Å²) in [6, 6.07) is 0. The van der Waals surface area contributed by atoms with Gasteiger partial charge in [0.2, 0.25) is 0 Å². The van der Waals surface area contributed by atoms with Gasteiger partial charge in [-0.3, -0.25) is 4.79 Å². The van der Waals surface area contributed by atoms with E-state index in [-0.39, 0.29) is 5.91 Å². The molecule has 0 aliphatic heterocycles. The zero-order valence-corrected chi connectivity index (χ0v) is 13.6. The van der Waals surface area contributed by atoms with Gasteiger partial charge in [0.05, 0.1) is 0 Å². The number of carbonyl (C=O) groups is 1. The van der Waals surface area contributed by atoms with E-state index >= 15 is 0 Å². The van der Waals surface area contributed by atoms with Crippen molar-refractivity contribution in [3.05, 3.63) is 4.88 Å². The number of hydrogen-bond donors (Lipinski definition) is 1. The molecular weight excluding hydrogens is 280 g/mol. The smallest absolute Gasteiger partial charge is 0.267 e. The van der Waals surface area contributed by atoms with Crippen LogP contribution in [0.3, 0.4) is 0 Å². The second-order valence-electron chi connectivity index (χ2n) is 4.10. The number of anilines is 2. The molecule has 0 saturated carbocycles. The number of thioether (sulfide) groups is 1. The van der Waals surface area contributed by atoms with Crippen LogP contribution in [0.25, 0.3) is 0 Å². The van der Waals surface area contributed by atoms with Gasteiger partial charge in [0.1, 0.15) is 10.7 Å². The average Bonchev–Trinajstić information content (AvgIpc) is 2.78. The minimum atomic E-state index is -0.0394. The van der Waals surface area contributed by atoms with E-state index in [0.717, 1.165) is 30.5 Å². The molecule has 0 aromatic carbocycles. The summed E-state index contributed by atoms with van der Waals surface area (Å²) < 4.78 is 0. The molecule has 1 amide bonds. The minimum Gasteiger partial charge on any atom is -0.382 e. The van der Waals surface area contributed by atoms with Crippen LogP contribution in [-0.4, -0.2) is 54.5 Å². The number of nitrogen functional groups attached to an aromatic ring is 1. The average molecular weight is 302 g/mol. The maximum absolute atomic E-state index is 12.3. The van der Waals surface area contributed by atoms with Gasteiger partial charge in [0.25, 0.3) is 5.91 Å². The zero-order valence-electron chi connectivity index (χ0n) is 12.0. The molecule has 0 radical (unpaired) electrons. The molecule has 1 rings (SSSR count). The van der Waals surface area contributed by atoms with Gasteiger partial charge in [-0.25, -0.2) is 4.98 Å². The highest BCUT2D eigenvalue weighted by molar-refractivity contribution is 7.98. The fourth-order valence-corrected chi connectivity index (χ4v) is 3.17. The summed E-state index contributed by atoms with van der Waals surface area (Å²) in [5, 5.41) is 0.823. The first-order valence-electron chi connectivity index (χ1n) is 6.30. The van der Waals surface area contributed by atoms with Crippen molar-refractivity contribution in [3.8, 4) is 0 Å². The molecule has 108 valence electrons. The molecule has 0 unspecified atom stereocenters. The molecule has 1 heterocycles. The van der Waals surface area contributed by atoms with Gasteiger partial charge >= 0.3 is 0 Å². The summed E-state index contributed by atoms with van der Waals surface area (Å²) in [5.41, 5.74) is 5.88. The molecule has 5 nitrogen and oxygen atoms in total. The Morgan fingerprint density at radius 1 is 1.42 bits per heavy atom. The molecular formula is C12H22N4OS2. The van der Waals surface area contributed by atoms with Crippen molar-refractivity contribution in [2.24, 2.45) is 0 Å². The van der Waals surface area contributed by atoms with E-state index < -0.39 is 0 Å². The lowest BCUT2D eigenvalue weighted by atomic mass is 10.4. The Kier molecular flexibility index (Phi) is 6.44. The van der Waals surface area contributed by atoms with Gasteiger partial charge in [-0.15, -0.1) is 0 Å². The van der Waals surface area contributed by atoms with E-state index in [1.165, 1.54) is 11.3 Å². The highest BCUT2D eigenvalue weighted by Gasteiger charge is 2.21. The van der Waals surface area contributed by atoms with E-state index in [9.17, 15) is 4.79 Å². The standard InChI is InChI=1S/C12H22N4OS2/c1-5-16(6-2)12-14-10(13)9(19-12)11(17)15(3)7-8-18-4/h5-8,13H2,1-4H3. The topological polar surface area (TPSA) is 62.5 Å². The molecule has 1 aromatic heterocycles. The number of hydrogen-bond acceptors (Lipinski definition) is 6. The van der Waals surface area contributed by atoms with Crippen molar-refractivity contribution >= 4 is 40.0 Å². The van der Waals surface area contributed by atoms with Crippen LogP contribution in [0.1, 0.15) is 23.5 Å². The van der Waals surface area contributed by atoms with E-state index in [2.05, 4.69) is 23.7 Å². The van der Waals surface area contributed by atoms with Crippen LogP contribution in [0.15, 0.2) is 0 Å². The SMILES string of the molecule is CCN(CC)c1nc(N)c(C(=O)N(C)CCSC)s1. The molecule has 0 bridgehead atoms. The van der Waals surface area contributed by atoms with Crippen molar-refractivity contribution in [3.63, 3.8) is 0 Å². The summed E-state index contributed by atoms with van der Waals surface area (Å²) in [6.45, 7) is 6.57. The van der Waals surface area contributed by atoms with Gasteiger partial charge in [-0.1, -0.05) is 11.3 Å². The number of nitrogens with two attached hydrogens (primary N) is 1. The van der Waals surface area contributed by atoms with Crippen LogP contribution in [0.5, 0.6) is 0 Å². The third-order valence-electron chi connectivity index (χ3n) is 2.85. The molecule has 0 aliphatic carbocycles. The van der Waals surface area contributed by atoms with Crippen LogP contribution in [0, 0.1) is 0 Å². The first kappa shape index (κ1) is 16.1. The Morgan fingerprint density at radius 3 is 2.58 bits per heavy atom. The second-order valence-corrected chi connectivity index (χ2v) is 6.07. The maximum Gasteiger partial charge on any atom is 0.267 e. The van der Waals surface area contributed by atoms with Crippen molar-refractivity contribution in [1.82, 2.24) is 9.88 Å². The van der Waals surface area contributed by atoms with Gasteiger partial charge < -0.3 is 15.5 Å². The maximum atomic E-state index is 12.3. The Balaban J connectivity index is 2.86. The third-order valence-corrected chi connectivity index (χ3v) is 4.56. The van der Waals surface area contributed by atoms with E-state index in [1.54, 1.807) is 23.7 Å². The lowest BCUT2D eigenvalue weighted by Crippen LogP contribution is -2.28. The summed E-state index contributed by atoms with van der Waals surface area (Å²) in [6.07, 6.45) is 2.03. The molecule has 7 heteroatoms. The summed E-state index contributed by atoms with van der Waals surface area (Å²) >= 11 is 3.10. The predicted molar refractivity (Wildman–Crippen MR) is 85.4 cm³/mol. The molecule has 2 N–H and O–H groups in total. The van der Waals surface area contributed by atoms with Crippen molar-refractivity contribution in [2.45, 2.75) is 13.8 Å². The minimum absolute atomic E-state index is 0.0394. The van der Waals surface area contributed by atoms with Crippen LogP contribution < -0.4 is 10.6 Å². The highest BCUT2D eigenvalue weighted by atomic mass is 32.2. The second kappa shape index (κ2) is 7.59. The normalized spacial score (nSPS) is 10.5. The number of amides is 1. The van der Waals surface area contributed by atoms with Crippen molar-refractivity contribution < 1.29 is 4.79 Å². The number of thiazole rings is 1. The van der Waals surface area contributed by atoms with Crippen LogP contribution in [-0.2, 0) is 0 Å². The largest absolute Gasteiger partial charge is 0.382 e. The molecule has 0 fully saturated rings.